The molecule has 9 nitrogen and oxygen atoms in total. The molecule has 0 saturated heterocycles. The van der Waals surface area contributed by atoms with E-state index in [1.165, 1.54) is 11.3 Å². The molecule has 1 aromatic heterocycles. The Balaban J connectivity index is 1.60. The number of aromatic nitrogens is 1. The van der Waals surface area contributed by atoms with Crippen LogP contribution < -0.4 is 33.8 Å². The molecular weight excluding hydrogens is 556 g/mol. The van der Waals surface area contributed by atoms with E-state index in [1.54, 1.807) is 36.8 Å². The van der Waals surface area contributed by atoms with Crippen molar-refractivity contribution in [2.45, 2.75) is 19.9 Å². The Bertz CT molecular complexity index is 1870. The molecule has 0 radical (unpaired) electrons. The molecule has 42 heavy (non-hydrogen) atoms. The fourth-order valence-corrected chi connectivity index (χ4v) is 6.04. The number of nitrogens with zero attached hydrogens (tertiary/aromatic N) is 2. The summed E-state index contributed by atoms with van der Waals surface area (Å²) in [5.74, 6) is 1.77. The van der Waals surface area contributed by atoms with Crippen LogP contribution in [0.4, 0.5) is 0 Å². The minimum Gasteiger partial charge on any atom is -0.493 e. The van der Waals surface area contributed by atoms with Crippen molar-refractivity contribution in [2.24, 2.45) is 4.99 Å². The van der Waals surface area contributed by atoms with Gasteiger partial charge in [-0.1, -0.05) is 53.8 Å². The van der Waals surface area contributed by atoms with Crippen LogP contribution in [0.2, 0.25) is 0 Å². The molecule has 6 rings (SSSR count). The van der Waals surface area contributed by atoms with Gasteiger partial charge >= 0.3 is 5.97 Å². The second-order valence-electron chi connectivity index (χ2n) is 9.39. The van der Waals surface area contributed by atoms with Crippen molar-refractivity contribution in [3.05, 3.63) is 109 Å². The van der Waals surface area contributed by atoms with Gasteiger partial charge in [-0.3, -0.25) is 9.36 Å². The fraction of sp³-hybridized carbons (Fsp3) is 0.219. The number of hydrogen-bond acceptors (Lipinski definition) is 9. The van der Waals surface area contributed by atoms with Crippen molar-refractivity contribution < 1.29 is 28.5 Å². The summed E-state index contributed by atoms with van der Waals surface area (Å²) < 4.78 is 29.8. The molecule has 0 bridgehead atoms. The van der Waals surface area contributed by atoms with Gasteiger partial charge in [0, 0.05) is 5.56 Å². The first kappa shape index (κ1) is 27.3. The molecule has 0 N–H and O–H groups in total. The lowest BCUT2D eigenvalue weighted by Crippen LogP contribution is -2.40. The zero-order valence-electron chi connectivity index (χ0n) is 23.3. The molecule has 1 unspecified atom stereocenters. The Hall–Kier alpha value is -4.83. The Labute approximate surface area is 245 Å². The van der Waals surface area contributed by atoms with Gasteiger partial charge in [0.15, 0.2) is 27.8 Å². The molecule has 4 aromatic rings. The standard InChI is InChI=1S/C32H28N2O7S/c1-4-38-22-13-11-19(15-24(22)37-3)16-26-30(35)34-29(21-12-14-23-25(17-21)41-18-40-23)27(31(36)39-5-2)28(33-32(34)42-26)20-9-7-6-8-10-20/h6-17,29H,4-5,18H2,1-3H3/b26-16-. The molecule has 0 saturated carbocycles. The molecule has 3 heterocycles. The summed E-state index contributed by atoms with van der Waals surface area (Å²) in [7, 11) is 1.57. The maximum atomic E-state index is 14.1. The maximum absolute atomic E-state index is 14.1. The number of methoxy groups -OCH3 is 1. The van der Waals surface area contributed by atoms with Crippen molar-refractivity contribution in [3.8, 4) is 23.0 Å². The Morgan fingerprint density at radius 3 is 2.60 bits per heavy atom. The zero-order valence-corrected chi connectivity index (χ0v) is 24.1. The minimum atomic E-state index is -0.818. The quantitative estimate of drug-likeness (QED) is 0.288. The molecule has 3 aromatic carbocycles. The Morgan fingerprint density at radius 1 is 1.02 bits per heavy atom. The molecule has 2 aliphatic heterocycles. The number of carbonyl (C=O) groups is 1. The fourth-order valence-electron chi connectivity index (χ4n) is 5.04. The van der Waals surface area contributed by atoms with Crippen LogP contribution in [0, 0.1) is 0 Å². The second-order valence-corrected chi connectivity index (χ2v) is 10.4. The van der Waals surface area contributed by atoms with Gasteiger partial charge < -0.3 is 23.7 Å². The molecule has 0 spiro atoms. The smallest absolute Gasteiger partial charge is 0.338 e. The van der Waals surface area contributed by atoms with Gasteiger partial charge in [-0.25, -0.2) is 9.79 Å². The van der Waals surface area contributed by atoms with E-state index in [1.807, 2.05) is 61.5 Å². The third-order valence-corrected chi connectivity index (χ3v) is 7.85. The van der Waals surface area contributed by atoms with E-state index >= 15 is 0 Å². The topological polar surface area (TPSA) is 97.6 Å². The van der Waals surface area contributed by atoms with Crippen molar-refractivity contribution in [2.75, 3.05) is 27.1 Å². The normalized spacial score (nSPS) is 15.7. The number of benzene rings is 3. The van der Waals surface area contributed by atoms with E-state index in [0.717, 1.165) is 11.1 Å². The van der Waals surface area contributed by atoms with Crippen LogP contribution in [0.3, 0.4) is 0 Å². The summed E-state index contributed by atoms with van der Waals surface area (Å²) in [6.45, 7) is 4.42. The van der Waals surface area contributed by atoms with Gasteiger partial charge in [-0.05, 0) is 55.3 Å². The summed E-state index contributed by atoms with van der Waals surface area (Å²) in [4.78, 5) is 33.1. The largest absolute Gasteiger partial charge is 0.493 e. The van der Waals surface area contributed by atoms with Gasteiger partial charge in [0.1, 0.15) is 0 Å². The van der Waals surface area contributed by atoms with E-state index in [9.17, 15) is 9.59 Å². The first-order chi connectivity index (χ1) is 20.5. The van der Waals surface area contributed by atoms with Crippen LogP contribution in [-0.2, 0) is 9.53 Å². The summed E-state index contributed by atoms with van der Waals surface area (Å²) >= 11 is 1.25. The van der Waals surface area contributed by atoms with Gasteiger partial charge in [0.25, 0.3) is 5.56 Å². The van der Waals surface area contributed by atoms with Crippen molar-refractivity contribution in [1.82, 2.24) is 4.57 Å². The van der Waals surface area contributed by atoms with Crippen LogP contribution in [-0.4, -0.2) is 37.7 Å². The van der Waals surface area contributed by atoms with E-state index < -0.39 is 12.0 Å². The van der Waals surface area contributed by atoms with E-state index in [-0.39, 0.29) is 24.5 Å². The molecule has 2 aliphatic rings. The predicted octanol–water partition coefficient (Wildman–Crippen LogP) is 4.07. The first-order valence-corrected chi connectivity index (χ1v) is 14.3. The molecule has 10 heteroatoms. The van der Waals surface area contributed by atoms with Gasteiger partial charge in [0.05, 0.1) is 42.2 Å². The van der Waals surface area contributed by atoms with Crippen molar-refractivity contribution >= 4 is 29.1 Å². The predicted molar refractivity (Wildman–Crippen MR) is 158 cm³/mol. The van der Waals surface area contributed by atoms with Crippen LogP contribution in [0.5, 0.6) is 23.0 Å². The maximum Gasteiger partial charge on any atom is 0.338 e. The average Bonchev–Trinajstić information content (AvgIpc) is 3.61. The number of carbonyl (C=O) groups excluding carboxylic acids is 1. The first-order valence-electron chi connectivity index (χ1n) is 13.5. The minimum absolute atomic E-state index is 0.100. The van der Waals surface area contributed by atoms with Crippen molar-refractivity contribution in [1.29, 1.82) is 0 Å². The number of ether oxygens (including phenoxy) is 5. The molecular formula is C32H28N2O7S. The van der Waals surface area contributed by atoms with Gasteiger partial charge in [-0.2, -0.15) is 0 Å². The molecule has 214 valence electrons. The lowest BCUT2D eigenvalue weighted by atomic mass is 9.93. The molecule has 0 amide bonds. The van der Waals surface area contributed by atoms with Crippen LogP contribution in [0.1, 0.15) is 36.6 Å². The molecule has 0 aliphatic carbocycles. The SMILES string of the molecule is CCOC(=O)C1=C(c2ccccc2)N=c2s/c(=C\c3ccc(OCC)c(OC)c3)c(=O)n2C1c1ccc2c(c1)OCO2. The second kappa shape index (κ2) is 11.6. The number of thiazole rings is 1. The molecule has 1 atom stereocenters. The summed E-state index contributed by atoms with van der Waals surface area (Å²) in [6, 6.07) is 19.5. The van der Waals surface area contributed by atoms with E-state index in [2.05, 4.69) is 0 Å². The summed E-state index contributed by atoms with van der Waals surface area (Å²) in [5.41, 5.74) is 2.59. The lowest BCUT2D eigenvalue weighted by molar-refractivity contribution is -0.138. The Kier molecular flexibility index (Phi) is 7.54. The highest BCUT2D eigenvalue weighted by atomic mass is 32.1. The summed E-state index contributed by atoms with van der Waals surface area (Å²) in [5, 5.41) is 0. The number of hydrogen-bond donors (Lipinski definition) is 0. The molecule has 0 fully saturated rings. The van der Waals surface area contributed by atoms with Crippen LogP contribution >= 0.6 is 11.3 Å². The van der Waals surface area contributed by atoms with E-state index in [0.29, 0.717) is 50.2 Å². The van der Waals surface area contributed by atoms with E-state index in [4.69, 9.17) is 28.7 Å². The highest BCUT2D eigenvalue weighted by Crippen LogP contribution is 2.40. The summed E-state index contributed by atoms with van der Waals surface area (Å²) in [6.07, 6.45) is 1.79. The van der Waals surface area contributed by atoms with Crippen LogP contribution in [0.25, 0.3) is 11.8 Å². The number of esters is 1. The Morgan fingerprint density at radius 2 is 1.83 bits per heavy atom. The van der Waals surface area contributed by atoms with Gasteiger partial charge in [0.2, 0.25) is 6.79 Å². The van der Waals surface area contributed by atoms with Gasteiger partial charge in [-0.15, -0.1) is 0 Å². The number of rotatable bonds is 8. The van der Waals surface area contributed by atoms with Crippen LogP contribution in [0.15, 0.2) is 82.1 Å². The lowest BCUT2D eigenvalue weighted by Gasteiger charge is -2.26. The highest BCUT2D eigenvalue weighted by molar-refractivity contribution is 7.07. The number of fused-ring (bicyclic) bond motifs is 2. The zero-order chi connectivity index (χ0) is 29.2. The van der Waals surface area contributed by atoms with Crippen molar-refractivity contribution in [3.63, 3.8) is 0 Å². The third-order valence-electron chi connectivity index (χ3n) is 6.87. The third kappa shape index (κ3) is 4.94. The highest BCUT2D eigenvalue weighted by Gasteiger charge is 2.36. The monoisotopic (exact) mass is 584 g/mol. The average molecular weight is 585 g/mol.